The van der Waals surface area contributed by atoms with Gasteiger partial charge in [-0.2, -0.15) is 0 Å². The van der Waals surface area contributed by atoms with Crippen molar-refractivity contribution in [1.82, 2.24) is 10.2 Å². The van der Waals surface area contributed by atoms with Crippen LogP contribution in [0, 0.1) is 6.92 Å². The molecule has 5 rings (SSSR count). The lowest BCUT2D eigenvalue weighted by atomic mass is 9.91. The topological polar surface area (TPSA) is 71.0 Å². The number of nitrogens with one attached hydrogen (secondary N) is 1. The molecule has 0 saturated carbocycles. The molecule has 2 aliphatic heterocycles. The van der Waals surface area contributed by atoms with Crippen LogP contribution in [0.15, 0.2) is 107 Å². The van der Waals surface area contributed by atoms with Gasteiger partial charge in [0.25, 0.3) is 0 Å². The van der Waals surface area contributed by atoms with Gasteiger partial charge in [0, 0.05) is 11.3 Å². The van der Waals surface area contributed by atoms with E-state index in [0.29, 0.717) is 11.3 Å². The van der Waals surface area contributed by atoms with Crippen LogP contribution in [-0.2, 0) is 14.3 Å². The first kappa shape index (κ1) is 26.5. The summed E-state index contributed by atoms with van der Waals surface area (Å²) in [6.45, 7) is 6.05. The molecule has 0 aromatic heterocycles. The number of carbonyl (C=O) groups is 2. The molecule has 3 aromatic rings. The lowest BCUT2D eigenvalue weighted by Gasteiger charge is -2.37. The molecule has 2 atom stereocenters. The van der Waals surface area contributed by atoms with Gasteiger partial charge in [-0.15, -0.1) is 0 Å². The Balaban J connectivity index is 1.53. The van der Waals surface area contributed by atoms with Gasteiger partial charge in [0.15, 0.2) is 5.17 Å². The van der Waals surface area contributed by atoms with Crippen LogP contribution in [0.25, 0.3) is 5.70 Å². The summed E-state index contributed by atoms with van der Waals surface area (Å²) in [5.41, 5.74) is 5.77. The number of amidine groups is 1. The zero-order valence-electron chi connectivity index (χ0n) is 22.3. The fourth-order valence-electron chi connectivity index (χ4n) is 4.83. The van der Waals surface area contributed by atoms with Crippen molar-refractivity contribution in [1.29, 1.82) is 0 Å². The Kier molecular flexibility index (Phi) is 7.98. The first-order valence-electron chi connectivity index (χ1n) is 13.1. The number of hydrogen-bond acceptors (Lipinski definition) is 6. The number of aryl methyl sites for hydroxylation is 1. The van der Waals surface area contributed by atoms with Crippen molar-refractivity contribution in [2.24, 2.45) is 4.99 Å². The quantitative estimate of drug-likeness (QED) is 0.331. The number of thioether (sulfide) groups is 1. The Labute approximate surface area is 233 Å². The lowest BCUT2D eigenvalue weighted by Crippen LogP contribution is -2.38. The number of benzene rings is 3. The summed E-state index contributed by atoms with van der Waals surface area (Å²) in [6, 6.07) is 27.1. The van der Waals surface area contributed by atoms with Gasteiger partial charge in [0.1, 0.15) is 0 Å². The van der Waals surface area contributed by atoms with Crippen molar-refractivity contribution >= 4 is 34.5 Å². The van der Waals surface area contributed by atoms with Crippen LogP contribution in [0.3, 0.4) is 0 Å². The van der Waals surface area contributed by atoms with E-state index in [4.69, 9.17) is 9.73 Å². The fourth-order valence-corrected chi connectivity index (χ4v) is 5.75. The number of amides is 1. The first-order chi connectivity index (χ1) is 19.0. The summed E-state index contributed by atoms with van der Waals surface area (Å²) in [6.07, 6.45) is 0.155. The van der Waals surface area contributed by atoms with E-state index in [9.17, 15) is 9.59 Å². The maximum absolute atomic E-state index is 13.6. The number of rotatable bonds is 8. The Hall–Kier alpha value is -4.10. The van der Waals surface area contributed by atoms with Crippen molar-refractivity contribution in [3.8, 4) is 0 Å². The summed E-state index contributed by atoms with van der Waals surface area (Å²) < 4.78 is 5.58. The summed E-state index contributed by atoms with van der Waals surface area (Å²) in [4.78, 5) is 33.8. The number of hydrogen-bond donors (Lipinski definition) is 1. The van der Waals surface area contributed by atoms with Gasteiger partial charge in [0.2, 0.25) is 5.91 Å². The van der Waals surface area contributed by atoms with Gasteiger partial charge in [-0.25, -0.2) is 9.79 Å². The summed E-state index contributed by atoms with van der Waals surface area (Å²) in [5, 5.41) is 5.80. The number of nitrogens with zero attached hydrogens (tertiary/aromatic N) is 2. The van der Waals surface area contributed by atoms with Gasteiger partial charge in [-0.05, 0) is 37.3 Å². The van der Waals surface area contributed by atoms with E-state index in [-0.39, 0.29) is 25.0 Å². The molecule has 198 valence electrons. The molecule has 0 spiro atoms. The van der Waals surface area contributed by atoms with Crippen LogP contribution in [-0.4, -0.2) is 28.6 Å². The molecule has 6 nitrogen and oxygen atoms in total. The van der Waals surface area contributed by atoms with Gasteiger partial charge in [-0.3, -0.25) is 4.79 Å². The molecule has 0 aliphatic carbocycles. The van der Waals surface area contributed by atoms with Crippen LogP contribution in [0.4, 0.5) is 0 Å². The van der Waals surface area contributed by atoms with Crippen LogP contribution in [0.2, 0.25) is 0 Å². The van der Waals surface area contributed by atoms with Gasteiger partial charge in [0.05, 0.1) is 36.4 Å². The number of carbonyl (C=O) groups excluding carboxylic acids is 2. The number of aliphatic imine (C=N–C) groups is 1. The van der Waals surface area contributed by atoms with Crippen LogP contribution < -0.4 is 5.32 Å². The predicted octanol–water partition coefficient (Wildman–Crippen LogP) is 6.54. The van der Waals surface area contributed by atoms with E-state index in [0.717, 1.165) is 33.1 Å². The second kappa shape index (κ2) is 11.7. The molecule has 1 N–H and O–H groups in total. The smallest absolute Gasteiger partial charge is 0.338 e. The van der Waals surface area contributed by atoms with Crippen molar-refractivity contribution in [2.45, 2.75) is 39.3 Å². The third kappa shape index (κ3) is 5.68. The van der Waals surface area contributed by atoms with E-state index < -0.39 is 12.0 Å². The maximum Gasteiger partial charge on any atom is 0.338 e. The highest BCUT2D eigenvalue weighted by Crippen LogP contribution is 2.47. The van der Waals surface area contributed by atoms with Crippen LogP contribution in [0.5, 0.6) is 0 Å². The monoisotopic (exact) mass is 537 g/mol. The van der Waals surface area contributed by atoms with Crippen molar-refractivity contribution in [3.63, 3.8) is 0 Å². The highest BCUT2D eigenvalue weighted by molar-refractivity contribution is 8.16. The standard InChI is InChI=1S/C32H31N3O3S/c1-4-38-31(37)28-29(24-13-9-6-10-14-24)34-32-35(30(28)25-17-15-21(2)16-18-25)26(20-39-32)19-27(36)33-22(3)23-11-7-5-8-12-23/h5-18,20,22,30H,4,19H2,1-3H3,(H,33,36). The predicted molar refractivity (Wildman–Crippen MR) is 156 cm³/mol. The SMILES string of the molecule is CCOC(=O)C1=C(c2ccccc2)N=C2SC=C(CC(=O)NC(C)c3ccccc3)N2C1c1ccc(C)cc1. The van der Waals surface area contributed by atoms with E-state index in [1.807, 2.05) is 109 Å². The molecule has 0 saturated heterocycles. The Morgan fingerprint density at radius 2 is 1.67 bits per heavy atom. The molecule has 0 bridgehead atoms. The molecule has 2 heterocycles. The van der Waals surface area contributed by atoms with Gasteiger partial charge < -0.3 is 15.0 Å². The highest BCUT2D eigenvalue weighted by Gasteiger charge is 2.42. The Morgan fingerprint density at radius 1 is 1.00 bits per heavy atom. The van der Waals surface area contributed by atoms with E-state index in [1.165, 1.54) is 11.8 Å². The number of ether oxygens (including phenoxy) is 1. The Morgan fingerprint density at radius 3 is 2.33 bits per heavy atom. The molecule has 2 unspecified atom stereocenters. The van der Waals surface area contributed by atoms with Crippen molar-refractivity contribution < 1.29 is 14.3 Å². The molecular weight excluding hydrogens is 506 g/mol. The largest absolute Gasteiger partial charge is 0.463 e. The van der Waals surface area contributed by atoms with Crippen LogP contribution >= 0.6 is 11.8 Å². The second-order valence-electron chi connectivity index (χ2n) is 9.53. The van der Waals surface area contributed by atoms with Crippen molar-refractivity contribution in [2.75, 3.05) is 6.61 Å². The molecule has 39 heavy (non-hydrogen) atoms. The van der Waals surface area contributed by atoms with E-state index >= 15 is 0 Å². The lowest BCUT2D eigenvalue weighted by molar-refractivity contribution is -0.139. The molecule has 1 amide bonds. The third-order valence-electron chi connectivity index (χ3n) is 6.76. The summed E-state index contributed by atoms with van der Waals surface area (Å²) in [7, 11) is 0. The minimum atomic E-state index is -0.493. The van der Waals surface area contributed by atoms with Gasteiger partial charge >= 0.3 is 5.97 Å². The number of fused-ring (bicyclic) bond motifs is 1. The van der Waals surface area contributed by atoms with Crippen LogP contribution in [0.1, 0.15) is 54.6 Å². The molecule has 7 heteroatoms. The summed E-state index contributed by atoms with van der Waals surface area (Å²) in [5.74, 6) is -0.513. The molecule has 3 aromatic carbocycles. The van der Waals surface area contributed by atoms with Gasteiger partial charge in [-0.1, -0.05) is 102 Å². The third-order valence-corrected chi connectivity index (χ3v) is 7.65. The molecule has 0 fully saturated rings. The fraction of sp³-hybridized carbons (Fsp3) is 0.219. The molecular formula is C32H31N3O3S. The summed E-state index contributed by atoms with van der Waals surface area (Å²) >= 11 is 1.47. The normalized spacial score (nSPS) is 17.2. The Bertz CT molecular complexity index is 1450. The average molecular weight is 538 g/mol. The second-order valence-corrected chi connectivity index (χ2v) is 10.4. The highest BCUT2D eigenvalue weighted by atomic mass is 32.2. The minimum Gasteiger partial charge on any atom is -0.463 e. The minimum absolute atomic E-state index is 0.0994. The molecule has 0 radical (unpaired) electrons. The average Bonchev–Trinajstić information content (AvgIpc) is 3.35. The zero-order chi connectivity index (χ0) is 27.4. The van der Waals surface area contributed by atoms with Crippen molar-refractivity contribution in [3.05, 3.63) is 124 Å². The zero-order valence-corrected chi connectivity index (χ0v) is 23.1. The molecule has 2 aliphatic rings. The number of esters is 1. The van der Waals surface area contributed by atoms with E-state index in [2.05, 4.69) is 5.32 Å². The maximum atomic E-state index is 13.6. The first-order valence-corrected chi connectivity index (χ1v) is 14.0. The van der Waals surface area contributed by atoms with E-state index in [1.54, 1.807) is 6.92 Å².